The molecule has 0 aromatic carbocycles. The highest BCUT2D eigenvalue weighted by molar-refractivity contribution is 8.13. The molecule has 3 nitrogen and oxygen atoms in total. The number of aromatic nitrogens is 1. The first-order chi connectivity index (χ1) is 6.73. The summed E-state index contributed by atoms with van der Waals surface area (Å²) < 4.78 is 71.2. The van der Waals surface area contributed by atoms with E-state index in [1.807, 2.05) is 0 Å². The summed E-state index contributed by atoms with van der Waals surface area (Å²) in [5.41, 5.74) is -1.35. The zero-order valence-electron chi connectivity index (χ0n) is 6.72. The van der Waals surface area contributed by atoms with Crippen molar-refractivity contribution < 1.29 is 26.0 Å². The van der Waals surface area contributed by atoms with Crippen molar-refractivity contribution in [3.05, 3.63) is 23.5 Å². The largest absolute Gasteiger partial charge is 0.266 e. The van der Waals surface area contributed by atoms with E-state index in [1.165, 1.54) is 0 Å². The van der Waals surface area contributed by atoms with Crippen molar-refractivity contribution in [2.45, 2.75) is 11.3 Å². The van der Waals surface area contributed by atoms with Crippen LogP contribution in [0.4, 0.5) is 17.6 Å². The number of alkyl halides is 2. The summed E-state index contributed by atoms with van der Waals surface area (Å²) in [4.78, 5) is 0.953. The van der Waals surface area contributed by atoms with E-state index in [0.29, 0.717) is 0 Å². The van der Waals surface area contributed by atoms with Crippen LogP contribution in [0.5, 0.6) is 0 Å². The molecule has 0 aliphatic heterocycles. The number of rotatable bonds is 2. The SMILES string of the molecule is O=S(=O)(Cl)c1c(C(F)F)cc(F)nc1F. The molecule has 0 aliphatic rings. The Morgan fingerprint density at radius 3 is 2.27 bits per heavy atom. The second-order valence-electron chi connectivity index (χ2n) is 2.39. The molecular weight excluding hydrogens is 262 g/mol. The van der Waals surface area contributed by atoms with E-state index in [1.54, 1.807) is 0 Å². The normalized spacial score (nSPS) is 12.1. The van der Waals surface area contributed by atoms with Gasteiger partial charge in [0.2, 0.25) is 11.9 Å². The summed E-state index contributed by atoms with van der Waals surface area (Å²) in [5, 5.41) is 0. The van der Waals surface area contributed by atoms with Crippen LogP contribution in [0.1, 0.15) is 12.0 Å². The number of pyridine rings is 1. The van der Waals surface area contributed by atoms with E-state index in [2.05, 4.69) is 4.98 Å². The lowest BCUT2D eigenvalue weighted by atomic mass is 10.3. The summed E-state index contributed by atoms with van der Waals surface area (Å²) in [7, 11) is -0.0360. The Hall–Kier alpha value is -0.890. The Labute approximate surface area is 86.1 Å². The van der Waals surface area contributed by atoms with E-state index in [4.69, 9.17) is 10.7 Å². The van der Waals surface area contributed by atoms with Crippen LogP contribution in [0.25, 0.3) is 0 Å². The van der Waals surface area contributed by atoms with Gasteiger partial charge in [0.1, 0.15) is 4.90 Å². The van der Waals surface area contributed by atoms with Crippen molar-refractivity contribution in [2.75, 3.05) is 0 Å². The third-order valence-electron chi connectivity index (χ3n) is 1.41. The molecule has 0 radical (unpaired) electrons. The van der Waals surface area contributed by atoms with Gasteiger partial charge in [0, 0.05) is 22.3 Å². The maximum absolute atomic E-state index is 12.8. The smallest absolute Gasteiger partial charge is 0.207 e. The van der Waals surface area contributed by atoms with E-state index >= 15 is 0 Å². The van der Waals surface area contributed by atoms with E-state index in [-0.39, 0.29) is 6.07 Å². The van der Waals surface area contributed by atoms with Gasteiger partial charge in [-0.05, 0) is 0 Å². The number of hydrogen-bond donors (Lipinski definition) is 0. The van der Waals surface area contributed by atoms with Gasteiger partial charge in [-0.15, -0.1) is 0 Å². The molecule has 0 aliphatic carbocycles. The molecule has 0 spiro atoms. The fourth-order valence-electron chi connectivity index (χ4n) is 0.893. The zero-order valence-corrected chi connectivity index (χ0v) is 8.29. The van der Waals surface area contributed by atoms with Crippen molar-refractivity contribution in [3.63, 3.8) is 0 Å². The monoisotopic (exact) mass is 263 g/mol. The fraction of sp³-hybridized carbons (Fsp3) is 0.167. The third kappa shape index (κ3) is 2.57. The van der Waals surface area contributed by atoms with Gasteiger partial charge in [-0.2, -0.15) is 13.8 Å². The second-order valence-corrected chi connectivity index (χ2v) is 4.90. The highest BCUT2D eigenvalue weighted by Crippen LogP contribution is 2.30. The van der Waals surface area contributed by atoms with Crippen LogP contribution in [0.3, 0.4) is 0 Å². The number of nitrogens with zero attached hydrogens (tertiary/aromatic N) is 1. The molecule has 1 aromatic rings. The molecule has 0 bridgehead atoms. The Bertz CT molecular complexity index is 490. The minimum atomic E-state index is -4.74. The molecule has 1 aromatic heterocycles. The van der Waals surface area contributed by atoms with Crippen molar-refractivity contribution >= 4 is 19.7 Å². The first-order valence-electron chi connectivity index (χ1n) is 3.32. The first-order valence-corrected chi connectivity index (χ1v) is 5.63. The van der Waals surface area contributed by atoms with Gasteiger partial charge in [-0.25, -0.2) is 17.2 Å². The summed E-state index contributed by atoms with van der Waals surface area (Å²) >= 11 is 0. The van der Waals surface area contributed by atoms with Crippen LogP contribution in [-0.4, -0.2) is 13.4 Å². The number of hydrogen-bond acceptors (Lipinski definition) is 3. The standard InChI is InChI=1S/C6H2ClF4NO2S/c7-15(13,14)4-2(5(9)10)1-3(8)12-6(4)11/h1,5H. The van der Waals surface area contributed by atoms with E-state index in [0.717, 1.165) is 0 Å². The molecule has 0 fully saturated rings. The molecule has 84 valence electrons. The lowest BCUT2D eigenvalue weighted by molar-refractivity contribution is 0.145. The molecule has 1 heterocycles. The Morgan fingerprint density at radius 2 is 1.87 bits per heavy atom. The molecule has 0 N–H and O–H groups in total. The van der Waals surface area contributed by atoms with E-state index < -0.39 is 37.8 Å². The molecular formula is C6H2ClF4NO2S. The first kappa shape index (κ1) is 12.2. The topological polar surface area (TPSA) is 47.0 Å². The quantitative estimate of drug-likeness (QED) is 0.467. The lowest BCUT2D eigenvalue weighted by Crippen LogP contribution is -2.06. The van der Waals surface area contributed by atoms with Crippen LogP contribution >= 0.6 is 10.7 Å². The third-order valence-corrected chi connectivity index (χ3v) is 2.76. The van der Waals surface area contributed by atoms with Gasteiger partial charge in [-0.3, -0.25) is 0 Å². The maximum Gasteiger partial charge on any atom is 0.266 e. The predicted molar refractivity (Wildman–Crippen MR) is 42.1 cm³/mol. The summed E-state index contributed by atoms with van der Waals surface area (Å²) in [6, 6.07) is 0.114. The molecule has 0 saturated heterocycles. The minimum absolute atomic E-state index is 0.114. The van der Waals surface area contributed by atoms with Crippen LogP contribution in [0, 0.1) is 11.9 Å². The zero-order chi connectivity index (χ0) is 11.8. The summed E-state index contributed by atoms with van der Waals surface area (Å²) in [6.07, 6.45) is -3.37. The van der Waals surface area contributed by atoms with Gasteiger partial charge in [0.05, 0.1) is 0 Å². The lowest BCUT2D eigenvalue weighted by Gasteiger charge is -2.05. The van der Waals surface area contributed by atoms with Gasteiger partial charge < -0.3 is 0 Å². The van der Waals surface area contributed by atoms with Crippen molar-refractivity contribution in [1.82, 2.24) is 4.98 Å². The molecule has 0 saturated carbocycles. The number of halogens is 5. The van der Waals surface area contributed by atoms with Crippen molar-refractivity contribution in [3.8, 4) is 0 Å². The Morgan fingerprint density at radius 1 is 1.33 bits per heavy atom. The second kappa shape index (κ2) is 3.93. The fourth-order valence-corrected chi connectivity index (χ4v) is 2.03. The molecule has 0 atom stereocenters. The predicted octanol–water partition coefficient (Wildman–Crippen LogP) is 2.22. The Balaban J connectivity index is 3.62. The van der Waals surface area contributed by atoms with E-state index in [9.17, 15) is 26.0 Å². The van der Waals surface area contributed by atoms with Gasteiger partial charge in [0.15, 0.2) is 0 Å². The molecule has 1 rings (SSSR count). The van der Waals surface area contributed by atoms with Crippen LogP contribution in [0.15, 0.2) is 11.0 Å². The maximum atomic E-state index is 12.8. The molecule has 15 heavy (non-hydrogen) atoms. The van der Waals surface area contributed by atoms with Gasteiger partial charge in [0.25, 0.3) is 15.5 Å². The molecule has 9 heteroatoms. The Kier molecular flexibility index (Phi) is 3.19. The van der Waals surface area contributed by atoms with Crippen LogP contribution in [-0.2, 0) is 9.05 Å². The highest BCUT2D eigenvalue weighted by Gasteiger charge is 2.28. The summed E-state index contributed by atoms with van der Waals surface area (Å²) in [6.45, 7) is 0. The van der Waals surface area contributed by atoms with Gasteiger partial charge >= 0.3 is 0 Å². The van der Waals surface area contributed by atoms with Crippen LogP contribution < -0.4 is 0 Å². The summed E-state index contributed by atoms with van der Waals surface area (Å²) in [5.74, 6) is -3.44. The van der Waals surface area contributed by atoms with Crippen molar-refractivity contribution in [2.24, 2.45) is 0 Å². The van der Waals surface area contributed by atoms with Crippen molar-refractivity contribution in [1.29, 1.82) is 0 Å². The highest BCUT2D eigenvalue weighted by atomic mass is 35.7. The molecule has 0 amide bonds. The average Bonchev–Trinajstić information content (AvgIpc) is 1.99. The van der Waals surface area contributed by atoms with Gasteiger partial charge in [-0.1, -0.05) is 0 Å². The average molecular weight is 264 g/mol. The molecule has 0 unspecified atom stereocenters. The van der Waals surface area contributed by atoms with Crippen LogP contribution in [0.2, 0.25) is 0 Å². The minimum Gasteiger partial charge on any atom is -0.207 e.